The number of ether oxygens (including phenoxy) is 2. The van der Waals surface area contributed by atoms with Gasteiger partial charge >= 0.3 is 0 Å². The van der Waals surface area contributed by atoms with Crippen LogP contribution < -0.4 is 14.8 Å². The molecule has 0 fully saturated rings. The van der Waals surface area contributed by atoms with Gasteiger partial charge in [0.2, 0.25) is 5.82 Å². The molecule has 0 aliphatic rings. The maximum Gasteiger partial charge on any atom is 0.295 e. The summed E-state index contributed by atoms with van der Waals surface area (Å²) in [6.07, 6.45) is 0. The number of amides is 1. The molecule has 8 heteroatoms. The molecule has 4 aromatic rings. The number of halogens is 1. The first-order chi connectivity index (χ1) is 15.6. The lowest BCUT2D eigenvalue weighted by atomic mass is 10.2. The number of hydrogen-bond acceptors (Lipinski definition) is 5. The van der Waals surface area contributed by atoms with Crippen molar-refractivity contribution >= 4 is 11.6 Å². The highest BCUT2D eigenvalue weighted by atomic mass is 19.1. The van der Waals surface area contributed by atoms with Gasteiger partial charge in [0.1, 0.15) is 17.3 Å². The standard InChI is InChI=1S/C24H21FN4O3/c1-3-32-21-12-8-18(9-13-21)26-24(30)22-27-23(16-4-6-17(25)7-5-16)29(28-22)19-10-14-20(31-2)15-11-19/h4-15H,3H2,1-2H3,(H,26,30). The Labute approximate surface area is 184 Å². The number of aromatic nitrogens is 3. The summed E-state index contributed by atoms with van der Waals surface area (Å²) in [6.45, 7) is 2.46. The molecule has 0 unspecified atom stereocenters. The summed E-state index contributed by atoms with van der Waals surface area (Å²) in [7, 11) is 1.58. The second-order valence-corrected chi connectivity index (χ2v) is 6.79. The van der Waals surface area contributed by atoms with Crippen LogP contribution in [0.4, 0.5) is 10.1 Å². The molecule has 1 aromatic heterocycles. The average molecular weight is 432 g/mol. The Balaban J connectivity index is 1.67. The number of anilines is 1. The van der Waals surface area contributed by atoms with Crippen LogP contribution in [0.1, 0.15) is 17.5 Å². The van der Waals surface area contributed by atoms with Gasteiger partial charge in [0.05, 0.1) is 19.4 Å². The van der Waals surface area contributed by atoms with Gasteiger partial charge in [-0.3, -0.25) is 4.79 Å². The Morgan fingerprint density at radius 2 is 1.62 bits per heavy atom. The zero-order chi connectivity index (χ0) is 22.5. The summed E-state index contributed by atoms with van der Waals surface area (Å²) in [4.78, 5) is 17.3. The number of carbonyl (C=O) groups is 1. The Hall–Kier alpha value is -4.20. The SMILES string of the molecule is CCOc1ccc(NC(=O)c2nc(-c3ccc(F)cc3)n(-c3ccc(OC)cc3)n2)cc1. The van der Waals surface area contributed by atoms with Crippen molar-refractivity contribution in [1.82, 2.24) is 14.8 Å². The van der Waals surface area contributed by atoms with E-state index in [4.69, 9.17) is 9.47 Å². The quantitative estimate of drug-likeness (QED) is 0.457. The van der Waals surface area contributed by atoms with Crippen LogP contribution in [0, 0.1) is 5.82 Å². The number of nitrogens with zero attached hydrogens (tertiary/aromatic N) is 3. The highest BCUT2D eigenvalue weighted by Gasteiger charge is 2.19. The van der Waals surface area contributed by atoms with Crippen molar-refractivity contribution in [3.63, 3.8) is 0 Å². The van der Waals surface area contributed by atoms with E-state index >= 15 is 0 Å². The first-order valence-electron chi connectivity index (χ1n) is 9.99. The fraction of sp³-hybridized carbons (Fsp3) is 0.125. The molecule has 7 nitrogen and oxygen atoms in total. The fourth-order valence-electron chi connectivity index (χ4n) is 3.09. The molecule has 1 N–H and O–H groups in total. The number of methoxy groups -OCH3 is 1. The summed E-state index contributed by atoms with van der Waals surface area (Å²) in [6, 6.07) is 20.0. The van der Waals surface area contributed by atoms with Crippen molar-refractivity contribution in [2.75, 3.05) is 19.0 Å². The molecule has 0 spiro atoms. The van der Waals surface area contributed by atoms with Crippen molar-refractivity contribution in [1.29, 1.82) is 0 Å². The van der Waals surface area contributed by atoms with E-state index in [0.29, 0.717) is 40.9 Å². The molecule has 1 heterocycles. The van der Waals surface area contributed by atoms with Crippen LogP contribution in [0.3, 0.4) is 0 Å². The summed E-state index contributed by atoms with van der Waals surface area (Å²) in [5.41, 5.74) is 1.88. The van der Waals surface area contributed by atoms with Crippen molar-refractivity contribution < 1.29 is 18.7 Å². The summed E-state index contributed by atoms with van der Waals surface area (Å²) >= 11 is 0. The lowest BCUT2D eigenvalue weighted by molar-refractivity contribution is 0.101. The minimum Gasteiger partial charge on any atom is -0.497 e. The van der Waals surface area contributed by atoms with Crippen molar-refractivity contribution in [3.8, 4) is 28.6 Å². The Morgan fingerprint density at radius 1 is 0.969 bits per heavy atom. The van der Waals surface area contributed by atoms with Gasteiger partial charge in [-0.15, -0.1) is 5.10 Å². The van der Waals surface area contributed by atoms with E-state index in [9.17, 15) is 9.18 Å². The highest BCUT2D eigenvalue weighted by molar-refractivity contribution is 6.01. The molecule has 162 valence electrons. The van der Waals surface area contributed by atoms with Crippen LogP contribution in [0.25, 0.3) is 17.1 Å². The number of benzene rings is 3. The number of rotatable bonds is 7. The predicted octanol–water partition coefficient (Wildman–Crippen LogP) is 4.73. The molecule has 32 heavy (non-hydrogen) atoms. The van der Waals surface area contributed by atoms with Crippen molar-refractivity contribution in [2.45, 2.75) is 6.92 Å². The first kappa shape index (κ1) is 21.0. The third-order valence-electron chi connectivity index (χ3n) is 4.65. The van der Waals surface area contributed by atoms with E-state index < -0.39 is 5.91 Å². The molecule has 0 saturated carbocycles. The Kier molecular flexibility index (Phi) is 6.12. The Morgan fingerprint density at radius 3 is 2.25 bits per heavy atom. The monoisotopic (exact) mass is 432 g/mol. The maximum absolute atomic E-state index is 13.4. The second-order valence-electron chi connectivity index (χ2n) is 6.79. The molecule has 0 bridgehead atoms. The molecule has 1 amide bonds. The van der Waals surface area contributed by atoms with E-state index in [1.807, 2.05) is 6.92 Å². The van der Waals surface area contributed by atoms with Crippen LogP contribution in [-0.2, 0) is 0 Å². The van der Waals surface area contributed by atoms with Gasteiger partial charge in [0.25, 0.3) is 5.91 Å². The molecule has 0 radical (unpaired) electrons. The van der Waals surface area contributed by atoms with E-state index in [1.165, 1.54) is 12.1 Å². The Bertz CT molecular complexity index is 1200. The highest BCUT2D eigenvalue weighted by Crippen LogP contribution is 2.24. The van der Waals surface area contributed by atoms with Gasteiger partial charge in [-0.05, 0) is 79.7 Å². The van der Waals surface area contributed by atoms with Crippen molar-refractivity contribution in [2.24, 2.45) is 0 Å². The summed E-state index contributed by atoms with van der Waals surface area (Å²) in [5, 5.41) is 7.20. The molecular formula is C24H21FN4O3. The summed E-state index contributed by atoms with van der Waals surface area (Å²) < 4.78 is 25.6. The van der Waals surface area contributed by atoms with Crippen molar-refractivity contribution in [3.05, 3.63) is 84.4 Å². The molecule has 0 aliphatic heterocycles. The van der Waals surface area contributed by atoms with E-state index in [0.717, 1.165) is 0 Å². The maximum atomic E-state index is 13.4. The molecule has 3 aromatic carbocycles. The van der Waals surface area contributed by atoms with Gasteiger partial charge in [-0.1, -0.05) is 0 Å². The van der Waals surface area contributed by atoms with Crippen LogP contribution in [-0.4, -0.2) is 34.4 Å². The van der Waals surface area contributed by atoms with Gasteiger partial charge in [-0.25, -0.2) is 14.1 Å². The predicted molar refractivity (Wildman–Crippen MR) is 119 cm³/mol. The normalized spacial score (nSPS) is 10.6. The lowest BCUT2D eigenvalue weighted by Gasteiger charge is -2.07. The van der Waals surface area contributed by atoms with Crippen LogP contribution >= 0.6 is 0 Å². The molecule has 0 saturated heterocycles. The van der Waals surface area contributed by atoms with Gasteiger partial charge < -0.3 is 14.8 Å². The first-order valence-corrected chi connectivity index (χ1v) is 9.99. The number of nitrogens with one attached hydrogen (secondary N) is 1. The molecule has 4 rings (SSSR count). The van der Waals surface area contributed by atoms with Gasteiger partial charge in [0.15, 0.2) is 5.82 Å². The van der Waals surface area contributed by atoms with Crippen LogP contribution in [0.5, 0.6) is 11.5 Å². The average Bonchev–Trinajstić information content (AvgIpc) is 3.27. The molecular weight excluding hydrogens is 411 g/mol. The van der Waals surface area contributed by atoms with Crippen LogP contribution in [0.15, 0.2) is 72.8 Å². The van der Waals surface area contributed by atoms with Gasteiger partial charge in [-0.2, -0.15) is 0 Å². The fourth-order valence-corrected chi connectivity index (χ4v) is 3.09. The van der Waals surface area contributed by atoms with E-state index in [-0.39, 0.29) is 11.6 Å². The number of hydrogen-bond donors (Lipinski definition) is 1. The zero-order valence-corrected chi connectivity index (χ0v) is 17.6. The summed E-state index contributed by atoms with van der Waals surface area (Å²) in [5.74, 6) is 0.959. The van der Waals surface area contributed by atoms with Crippen LogP contribution in [0.2, 0.25) is 0 Å². The molecule has 0 atom stereocenters. The van der Waals surface area contributed by atoms with E-state index in [2.05, 4.69) is 15.4 Å². The number of carbonyl (C=O) groups excluding carboxylic acids is 1. The topological polar surface area (TPSA) is 78.3 Å². The molecule has 0 aliphatic carbocycles. The van der Waals surface area contributed by atoms with E-state index in [1.54, 1.807) is 72.5 Å². The third kappa shape index (κ3) is 4.59. The minimum absolute atomic E-state index is 0.0194. The lowest BCUT2D eigenvalue weighted by Crippen LogP contribution is -2.14. The third-order valence-corrected chi connectivity index (χ3v) is 4.65. The smallest absolute Gasteiger partial charge is 0.295 e. The van der Waals surface area contributed by atoms with Gasteiger partial charge in [0, 0.05) is 11.3 Å². The second kappa shape index (κ2) is 9.30. The minimum atomic E-state index is -0.468. The zero-order valence-electron chi connectivity index (χ0n) is 17.6. The largest absolute Gasteiger partial charge is 0.497 e.